The van der Waals surface area contributed by atoms with Crippen LogP contribution in [0.2, 0.25) is 0 Å². The fourth-order valence-corrected chi connectivity index (χ4v) is 5.94. The Bertz CT molecular complexity index is 1570. The van der Waals surface area contributed by atoms with E-state index in [2.05, 4.69) is 131 Å². The molecule has 0 amide bonds. The number of hydrogen-bond acceptors (Lipinski definition) is 4. The Morgan fingerprint density at radius 1 is 0.737 bits per heavy atom. The lowest BCUT2D eigenvalue weighted by Crippen LogP contribution is -2.55. The van der Waals surface area contributed by atoms with Gasteiger partial charge in [-0.3, -0.25) is 5.32 Å². The van der Waals surface area contributed by atoms with Crippen molar-refractivity contribution in [3.8, 4) is 11.1 Å². The van der Waals surface area contributed by atoms with E-state index in [0.29, 0.717) is 0 Å². The molecule has 0 bridgehead atoms. The molecule has 0 saturated carbocycles. The maximum atomic E-state index is 5.20. The predicted molar refractivity (Wildman–Crippen MR) is 156 cm³/mol. The van der Waals surface area contributed by atoms with Gasteiger partial charge < -0.3 is 10.6 Å². The Hall–Kier alpha value is -4.41. The van der Waals surface area contributed by atoms with Crippen LogP contribution in [0.3, 0.4) is 0 Å². The van der Waals surface area contributed by atoms with Crippen LogP contribution in [0.15, 0.2) is 126 Å². The van der Waals surface area contributed by atoms with Gasteiger partial charge in [0.05, 0.1) is 6.17 Å². The van der Waals surface area contributed by atoms with Crippen LogP contribution in [-0.4, -0.2) is 18.5 Å². The van der Waals surface area contributed by atoms with Crippen molar-refractivity contribution in [2.24, 2.45) is 4.99 Å². The second-order valence-corrected chi connectivity index (χ2v) is 10.1. The molecule has 7 rings (SSSR count). The zero-order chi connectivity index (χ0) is 25.3. The van der Waals surface area contributed by atoms with Crippen LogP contribution in [0, 0.1) is 0 Å². The zero-order valence-electron chi connectivity index (χ0n) is 21.1. The molecule has 4 aromatic rings. The molecule has 0 radical (unpaired) electrons. The quantitative estimate of drug-likeness (QED) is 0.319. The van der Waals surface area contributed by atoms with Gasteiger partial charge in [0.1, 0.15) is 12.0 Å². The molecular weight excluding hydrogens is 464 g/mol. The van der Waals surface area contributed by atoms with Crippen LogP contribution in [0.4, 0.5) is 0 Å². The van der Waals surface area contributed by atoms with Crippen LogP contribution in [0.25, 0.3) is 16.7 Å². The summed E-state index contributed by atoms with van der Waals surface area (Å²) in [6, 6.07) is 37.0. The minimum atomic E-state index is -0.135. The number of nitrogens with one attached hydrogen (secondary N) is 3. The monoisotopic (exact) mass is 494 g/mol. The van der Waals surface area contributed by atoms with Crippen LogP contribution >= 0.6 is 0 Å². The lowest BCUT2D eigenvalue weighted by molar-refractivity contribution is 0.342. The molecule has 4 nitrogen and oxygen atoms in total. The third kappa shape index (κ3) is 4.23. The number of rotatable bonds is 4. The summed E-state index contributed by atoms with van der Waals surface area (Å²) in [5, 5.41) is 11.0. The van der Waals surface area contributed by atoms with E-state index in [1.54, 1.807) is 0 Å². The fourth-order valence-electron chi connectivity index (χ4n) is 5.94. The van der Waals surface area contributed by atoms with Gasteiger partial charge in [0.25, 0.3) is 0 Å². The highest BCUT2D eigenvalue weighted by Gasteiger charge is 2.35. The summed E-state index contributed by atoms with van der Waals surface area (Å²) in [5.41, 5.74) is 10.2. The van der Waals surface area contributed by atoms with Crippen LogP contribution < -0.4 is 16.0 Å². The van der Waals surface area contributed by atoms with Crippen molar-refractivity contribution >= 4 is 11.4 Å². The number of benzene rings is 4. The highest BCUT2D eigenvalue weighted by molar-refractivity contribution is 6.00. The number of allylic oxidation sites excluding steroid dienone is 2. The normalized spacial score (nSPS) is 21.7. The van der Waals surface area contributed by atoms with Gasteiger partial charge in [-0.15, -0.1) is 0 Å². The second kappa shape index (κ2) is 9.81. The number of aliphatic imine (C=N–C) groups is 1. The molecule has 0 saturated heterocycles. The summed E-state index contributed by atoms with van der Waals surface area (Å²) in [6.07, 6.45) is 7.08. The highest BCUT2D eigenvalue weighted by Crippen LogP contribution is 2.41. The predicted octanol–water partition coefficient (Wildman–Crippen LogP) is 6.16. The molecule has 0 aromatic heterocycles. The van der Waals surface area contributed by atoms with Gasteiger partial charge in [0.15, 0.2) is 0 Å². The average Bonchev–Trinajstić information content (AvgIpc) is 3.01. The molecule has 2 heterocycles. The van der Waals surface area contributed by atoms with E-state index >= 15 is 0 Å². The average molecular weight is 495 g/mol. The van der Waals surface area contributed by atoms with Gasteiger partial charge >= 0.3 is 0 Å². The molecule has 3 aliphatic rings. The lowest BCUT2D eigenvalue weighted by Gasteiger charge is -2.39. The van der Waals surface area contributed by atoms with E-state index in [9.17, 15) is 0 Å². The van der Waals surface area contributed by atoms with E-state index < -0.39 is 0 Å². The van der Waals surface area contributed by atoms with E-state index in [1.165, 1.54) is 39.0 Å². The van der Waals surface area contributed by atoms with Crippen LogP contribution in [0.1, 0.15) is 39.9 Å². The molecular formula is C34H30N4. The molecule has 0 fully saturated rings. The third-order valence-corrected chi connectivity index (χ3v) is 7.82. The fraction of sp³-hybridized carbons (Fsp3) is 0.147. The van der Waals surface area contributed by atoms with Crippen molar-refractivity contribution in [1.29, 1.82) is 0 Å². The van der Waals surface area contributed by atoms with Gasteiger partial charge in [0, 0.05) is 18.0 Å². The largest absolute Gasteiger partial charge is 0.387 e. The molecule has 38 heavy (non-hydrogen) atoms. The molecule has 3 N–H and O–H groups in total. The van der Waals surface area contributed by atoms with Gasteiger partial charge in [-0.25, -0.2) is 4.99 Å². The lowest BCUT2D eigenvalue weighted by atomic mass is 9.77. The molecule has 4 aromatic carbocycles. The molecule has 1 aliphatic carbocycles. The Labute approximate surface area is 223 Å². The molecule has 3 atom stereocenters. The first-order valence-electron chi connectivity index (χ1n) is 13.4. The summed E-state index contributed by atoms with van der Waals surface area (Å²) in [6.45, 7) is 0.828. The van der Waals surface area contributed by atoms with Crippen LogP contribution in [0.5, 0.6) is 0 Å². The Morgan fingerprint density at radius 2 is 1.53 bits per heavy atom. The minimum Gasteiger partial charge on any atom is -0.387 e. The van der Waals surface area contributed by atoms with Gasteiger partial charge in [-0.05, 0) is 63.7 Å². The summed E-state index contributed by atoms with van der Waals surface area (Å²) >= 11 is 0. The van der Waals surface area contributed by atoms with E-state index in [1.807, 2.05) is 6.20 Å². The van der Waals surface area contributed by atoms with Crippen molar-refractivity contribution in [3.05, 3.63) is 149 Å². The van der Waals surface area contributed by atoms with Crippen molar-refractivity contribution in [2.45, 2.75) is 24.7 Å². The second-order valence-electron chi connectivity index (χ2n) is 10.1. The summed E-state index contributed by atoms with van der Waals surface area (Å²) in [7, 11) is 0. The number of fused-ring (bicyclic) bond motifs is 3. The molecule has 3 unspecified atom stereocenters. The minimum absolute atomic E-state index is 0.0179. The smallest absolute Gasteiger partial charge is 0.131 e. The Morgan fingerprint density at radius 3 is 2.39 bits per heavy atom. The third-order valence-electron chi connectivity index (χ3n) is 7.82. The molecule has 0 spiro atoms. The van der Waals surface area contributed by atoms with Crippen molar-refractivity contribution < 1.29 is 0 Å². The summed E-state index contributed by atoms with van der Waals surface area (Å²) < 4.78 is 0. The standard InChI is InChI=1S/C34H30N4/c1-2-10-23(11-3-1)32-36-33(26-14-8-13-24(20-26)27-15-9-19-35-22-27)38-34(37-32)31-21-25-12-4-5-16-28(25)29-17-6-7-18-30(29)31/h1-20,31-32,34-35,37H,21-22H2,(H,36,38). The van der Waals surface area contributed by atoms with Crippen LogP contribution in [-0.2, 0) is 6.42 Å². The number of dihydropyridines is 1. The molecule has 186 valence electrons. The van der Waals surface area contributed by atoms with Crippen molar-refractivity contribution in [3.63, 3.8) is 0 Å². The van der Waals surface area contributed by atoms with Crippen molar-refractivity contribution in [2.75, 3.05) is 6.54 Å². The summed E-state index contributed by atoms with van der Waals surface area (Å²) in [5.74, 6) is 1.19. The summed E-state index contributed by atoms with van der Waals surface area (Å²) in [4.78, 5) is 5.20. The molecule has 4 heteroatoms. The van der Waals surface area contributed by atoms with E-state index in [-0.39, 0.29) is 18.2 Å². The Kier molecular flexibility index (Phi) is 5.87. The van der Waals surface area contributed by atoms with Gasteiger partial charge in [-0.2, -0.15) is 0 Å². The number of hydrogen-bond donors (Lipinski definition) is 3. The maximum absolute atomic E-state index is 5.20. The van der Waals surface area contributed by atoms with Gasteiger partial charge in [0.2, 0.25) is 0 Å². The molecule has 2 aliphatic heterocycles. The maximum Gasteiger partial charge on any atom is 0.131 e. The topological polar surface area (TPSA) is 48.5 Å². The number of amidine groups is 1. The van der Waals surface area contributed by atoms with Crippen molar-refractivity contribution in [1.82, 2.24) is 16.0 Å². The van der Waals surface area contributed by atoms with E-state index in [4.69, 9.17) is 4.99 Å². The first kappa shape index (κ1) is 22.8. The first-order chi connectivity index (χ1) is 18.8. The Balaban J connectivity index is 1.29. The van der Waals surface area contributed by atoms with E-state index in [0.717, 1.165) is 24.4 Å². The number of nitrogens with zero attached hydrogens (tertiary/aromatic N) is 1. The highest BCUT2D eigenvalue weighted by atomic mass is 15.3. The SMILES string of the molecule is C1=CNCC(c2cccc(C3=NC(c4ccccc4)NC(C4Cc5ccccc5-c5ccccc54)N3)c2)=C1. The zero-order valence-corrected chi connectivity index (χ0v) is 21.1. The van der Waals surface area contributed by atoms with Gasteiger partial charge in [-0.1, -0.05) is 103 Å². The first-order valence-corrected chi connectivity index (χ1v) is 13.4.